The zero-order valence-electron chi connectivity index (χ0n) is 12.8. The van der Waals surface area contributed by atoms with E-state index in [9.17, 15) is 13.9 Å². The number of halogens is 2. The molecule has 0 amide bonds. The number of benzene rings is 1. The van der Waals surface area contributed by atoms with Gasteiger partial charge in [-0.25, -0.2) is 8.78 Å². The smallest absolute Gasteiger partial charge is 0.159 e. The van der Waals surface area contributed by atoms with E-state index in [4.69, 9.17) is 0 Å². The number of nitrogens with zero attached hydrogens (tertiary/aromatic N) is 2. The molecule has 0 aliphatic carbocycles. The van der Waals surface area contributed by atoms with E-state index in [0.717, 1.165) is 38.3 Å². The number of hydrogen-bond acceptors (Lipinski definition) is 3. The van der Waals surface area contributed by atoms with Crippen LogP contribution in [-0.2, 0) is 6.54 Å². The monoisotopic (exact) mass is 310 g/mol. The highest BCUT2D eigenvalue weighted by molar-refractivity contribution is 5.18. The zero-order chi connectivity index (χ0) is 15.5. The molecule has 0 bridgehead atoms. The normalized spacial score (nSPS) is 26.9. The second kappa shape index (κ2) is 7.02. The predicted molar refractivity (Wildman–Crippen MR) is 81.4 cm³/mol. The zero-order valence-corrected chi connectivity index (χ0v) is 12.8. The van der Waals surface area contributed by atoms with Crippen LogP contribution < -0.4 is 0 Å². The lowest BCUT2D eigenvalue weighted by molar-refractivity contribution is 0.175. The lowest BCUT2D eigenvalue weighted by atomic mass is 9.96. The van der Waals surface area contributed by atoms with Crippen molar-refractivity contribution in [1.29, 1.82) is 0 Å². The molecule has 122 valence electrons. The average molecular weight is 310 g/mol. The summed E-state index contributed by atoms with van der Waals surface area (Å²) in [4.78, 5) is 4.72. The lowest BCUT2D eigenvalue weighted by Gasteiger charge is -2.23. The van der Waals surface area contributed by atoms with E-state index in [2.05, 4.69) is 9.80 Å². The molecule has 0 spiro atoms. The van der Waals surface area contributed by atoms with Crippen molar-refractivity contribution >= 4 is 0 Å². The molecule has 0 unspecified atom stereocenters. The number of rotatable bonds is 5. The Bertz CT molecular complexity index is 505. The highest BCUT2D eigenvalue weighted by Crippen LogP contribution is 2.27. The summed E-state index contributed by atoms with van der Waals surface area (Å²) < 4.78 is 26.3. The summed E-state index contributed by atoms with van der Waals surface area (Å²) >= 11 is 0. The van der Waals surface area contributed by atoms with Crippen LogP contribution in [0.1, 0.15) is 18.4 Å². The first-order valence-electron chi connectivity index (χ1n) is 8.15. The van der Waals surface area contributed by atoms with Gasteiger partial charge >= 0.3 is 0 Å². The van der Waals surface area contributed by atoms with E-state index < -0.39 is 11.6 Å². The van der Waals surface area contributed by atoms with Crippen LogP contribution in [0.2, 0.25) is 0 Å². The van der Waals surface area contributed by atoms with Gasteiger partial charge in [0.25, 0.3) is 0 Å². The molecule has 2 fully saturated rings. The second-order valence-electron chi connectivity index (χ2n) is 6.65. The van der Waals surface area contributed by atoms with Gasteiger partial charge in [0.05, 0.1) is 0 Å². The Morgan fingerprint density at radius 2 is 1.73 bits per heavy atom. The summed E-state index contributed by atoms with van der Waals surface area (Å²) in [5, 5.41) is 9.62. The van der Waals surface area contributed by atoms with Gasteiger partial charge in [0.1, 0.15) is 0 Å². The van der Waals surface area contributed by atoms with Gasteiger partial charge in [-0.2, -0.15) is 0 Å². The summed E-state index contributed by atoms with van der Waals surface area (Å²) in [7, 11) is 0. The van der Waals surface area contributed by atoms with Crippen molar-refractivity contribution in [3.63, 3.8) is 0 Å². The maximum absolute atomic E-state index is 13.3. The van der Waals surface area contributed by atoms with Crippen LogP contribution in [0.4, 0.5) is 8.78 Å². The third-order valence-corrected chi connectivity index (χ3v) is 4.97. The number of aliphatic hydroxyl groups is 1. The molecule has 0 aromatic heterocycles. The predicted octanol–water partition coefficient (Wildman–Crippen LogP) is 2.10. The Morgan fingerprint density at radius 3 is 2.41 bits per heavy atom. The summed E-state index contributed by atoms with van der Waals surface area (Å²) in [5.41, 5.74) is 0.789. The van der Waals surface area contributed by atoms with E-state index in [-0.39, 0.29) is 12.5 Å². The minimum absolute atomic E-state index is 0.201. The van der Waals surface area contributed by atoms with Crippen molar-refractivity contribution in [2.24, 2.45) is 11.8 Å². The molecule has 3 rings (SSSR count). The van der Waals surface area contributed by atoms with Crippen LogP contribution in [0.5, 0.6) is 0 Å². The summed E-state index contributed by atoms with van der Waals surface area (Å²) in [6, 6.07) is 4.10. The minimum atomic E-state index is -0.801. The van der Waals surface area contributed by atoms with Crippen molar-refractivity contribution in [3.8, 4) is 0 Å². The number of aliphatic hydroxyl groups excluding tert-OH is 1. The highest BCUT2D eigenvalue weighted by atomic mass is 19.2. The molecule has 2 heterocycles. The fraction of sp³-hybridized carbons (Fsp3) is 0.647. The Balaban J connectivity index is 1.59. The van der Waals surface area contributed by atoms with Gasteiger partial charge in [-0.05, 0) is 55.5 Å². The molecule has 22 heavy (non-hydrogen) atoms. The molecule has 5 heteroatoms. The van der Waals surface area contributed by atoms with Crippen LogP contribution in [0.25, 0.3) is 0 Å². The van der Waals surface area contributed by atoms with E-state index >= 15 is 0 Å². The van der Waals surface area contributed by atoms with Gasteiger partial charge in [-0.3, -0.25) is 4.90 Å². The number of hydrogen-bond donors (Lipinski definition) is 1. The van der Waals surface area contributed by atoms with E-state index in [0.29, 0.717) is 12.5 Å². The van der Waals surface area contributed by atoms with Crippen LogP contribution in [0.3, 0.4) is 0 Å². The molecule has 2 saturated heterocycles. The molecule has 1 N–H and O–H groups in total. The summed E-state index contributed by atoms with van der Waals surface area (Å²) in [6.07, 6.45) is 2.55. The average Bonchev–Trinajstić information content (AvgIpc) is 3.13. The first-order valence-corrected chi connectivity index (χ1v) is 8.15. The second-order valence-corrected chi connectivity index (χ2v) is 6.65. The summed E-state index contributed by atoms with van der Waals surface area (Å²) in [6.45, 7) is 5.93. The molecule has 2 atom stereocenters. The first kappa shape index (κ1) is 15.8. The largest absolute Gasteiger partial charge is 0.396 e. The van der Waals surface area contributed by atoms with Gasteiger partial charge in [0, 0.05) is 32.8 Å². The Kier molecular flexibility index (Phi) is 5.06. The summed E-state index contributed by atoms with van der Waals surface area (Å²) in [5.74, 6) is -0.839. The molecule has 1 aromatic rings. The van der Waals surface area contributed by atoms with Crippen molar-refractivity contribution < 1.29 is 13.9 Å². The molecule has 1 aromatic carbocycles. The van der Waals surface area contributed by atoms with E-state index in [1.165, 1.54) is 25.0 Å². The van der Waals surface area contributed by atoms with Gasteiger partial charge in [0.15, 0.2) is 11.6 Å². The standard InChI is InChI=1S/C17H24F2N2O/c18-16-4-3-13(7-17(16)19)8-21-10-14(15(11-21)12-22)9-20-5-1-2-6-20/h3-4,7,14-15,22H,1-2,5-6,8-12H2/t14-,15-/m1/s1. The first-order chi connectivity index (χ1) is 10.7. The quantitative estimate of drug-likeness (QED) is 0.902. The van der Waals surface area contributed by atoms with Crippen LogP contribution >= 0.6 is 0 Å². The molecule has 0 saturated carbocycles. The van der Waals surface area contributed by atoms with Crippen molar-refractivity contribution in [2.75, 3.05) is 39.3 Å². The van der Waals surface area contributed by atoms with Crippen LogP contribution in [-0.4, -0.2) is 54.2 Å². The highest BCUT2D eigenvalue weighted by Gasteiger charge is 2.33. The Hall–Kier alpha value is -1.04. The van der Waals surface area contributed by atoms with E-state index in [1.807, 2.05) is 0 Å². The third kappa shape index (κ3) is 3.65. The van der Waals surface area contributed by atoms with Crippen LogP contribution in [0.15, 0.2) is 18.2 Å². The lowest BCUT2D eigenvalue weighted by Crippen LogP contribution is -2.31. The SMILES string of the molecule is OC[C@H]1CN(Cc2ccc(F)c(F)c2)C[C@H]1CN1CCCC1. The van der Waals surface area contributed by atoms with Crippen molar-refractivity contribution in [1.82, 2.24) is 9.80 Å². The van der Waals surface area contributed by atoms with Gasteiger partial charge in [-0.1, -0.05) is 6.07 Å². The third-order valence-electron chi connectivity index (χ3n) is 4.97. The van der Waals surface area contributed by atoms with Gasteiger partial charge in [0.2, 0.25) is 0 Å². The van der Waals surface area contributed by atoms with Gasteiger partial charge < -0.3 is 10.0 Å². The molecule has 3 nitrogen and oxygen atoms in total. The van der Waals surface area contributed by atoms with Crippen molar-refractivity contribution in [3.05, 3.63) is 35.4 Å². The molecule has 0 radical (unpaired) electrons. The Morgan fingerprint density at radius 1 is 1.00 bits per heavy atom. The molecule has 2 aliphatic rings. The maximum Gasteiger partial charge on any atom is 0.159 e. The molecule has 2 aliphatic heterocycles. The minimum Gasteiger partial charge on any atom is -0.396 e. The topological polar surface area (TPSA) is 26.7 Å². The number of likely N-dealkylation sites (tertiary alicyclic amines) is 2. The van der Waals surface area contributed by atoms with E-state index in [1.54, 1.807) is 6.07 Å². The molecular formula is C17H24F2N2O. The fourth-order valence-corrected chi connectivity index (χ4v) is 3.77. The molecular weight excluding hydrogens is 286 g/mol. The Labute approximate surface area is 130 Å². The van der Waals surface area contributed by atoms with Gasteiger partial charge in [-0.15, -0.1) is 0 Å². The fourth-order valence-electron chi connectivity index (χ4n) is 3.77. The maximum atomic E-state index is 13.3. The van der Waals surface area contributed by atoms with Crippen molar-refractivity contribution in [2.45, 2.75) is 19.4 Å². The van der Waals surface area contributed by atoms with Crippen LogP contribution in [0, 0.1) is 23.5 Å².